The van der Waals surface area contributed by atoms with E-state index >= 15 is 0 Å². The maximum absolute atomic E-state index is 13.7. The fourth-order valence-electron chi connectivity index (χ4n) is 2.20. The van der Waals surface area contributed by atoms with Gasteiger partial charge in [-0.05, 0) is 35.6 Å². The molecule has 0 amide bonds. The molecule has 0 heterocycles. The van der Waals surface area contributed by atoms with Crippen LogP contribution in [-0.4, -0.2) is 17.4 Å². The third kappa shape index (κ3) is 4.03. The van der Waals surface area contributed by atoms with Gasteiger partial charge in [0, 0.05) is 0 Å². The average molecular weight is 292 g/mol. The van der Waals surface area contributed by atoms with Gasteiger partial charge in [-0.15, -0.1) is 0 Å². The maximum atomic E-state index is 13.7. The highest BCUT2D eigenvalue weighted by Gasteiger charge is 2.20. The molecule has 3 nitrogen and oxygen atoms in total. The molecular formula is C15H15BF2O3. The van der Waals surface area contributed by atoms with Crippen LogP contribution in [0.2, 0.25) is 0 Å². The highest BCUT2D eigenvalue weighted by atomic mass is 19.1. The van der Waals surface area contributed by atoms with Crippen LogP contribution in [0.3, 0.4) is 0 Å². The van der Waals surface area contributed by atoms with Crippen LogP contribution < -0.4 is 4.65 Å². The molecule has 1 atom stereocenters. The number of rotatable bonds is 5. The van der Waals surface area contributed by atoms with Crippen LogP contribution in [0, 0.1) is 11.6 Å². The molecule has 0 unspecified atom stereocenters. The fourth-order valence-corrected chi connectivity index (χ4v) is 2.20. The maximum Gasteiger partial charge on any atom is 0.707 e. The number of halogens is 2. The molecule has 110 valence electrons. The van der Waals surface area contributed by atoms with E-state index in [4.69, 9.17) is 10.0 Å². The van der Waals surface area contributed by atoms with Crippen molar-refractivity contribution in [3.8, 4) is 5.75 Å². The Balaban J connectivity index is 2.18. The van der Waals surface area contributed by atoms with E-state index in [9.17, 15) is 8.78 Å². The highest BCUT2D eigenvalue weighted by molar-refractivity contribution is 6.33. The van der Waals surface area contributed by atoms with E-state index < -0.39 is 24.7 Å². The van der Waals surface area contributed by atoms with Crippen molar-refractivity contribution in [2.24, 2.45) is 0 Å². The third-order valence-electron chi connectivity index (χ3n) is 3.19. The van der Waals surface area contributed by atoms with Crippen molar-refractivity contribution in [2.75, 3.05) is 0 Å². The predicted octanol–water partition coefficient (Wildman–Crippen LogP) is 2.66. The van der Waals surface area contributed by atoms with E-state index in [-0.39, 0.29) is 5.92 Å². The lowest BCUT2D eigenvalue weighted by Crippen LogP contribution is -2.22. The first-order chi connectivity index (χ1) is 9.97. The Morgan fingerprint density at radius 3 is 2.19 bits per heavy atom. The molecule has 0 radical (unpaired) electrons. The van der Waals surface area contributed by atoms with Crippen LogP contribution >= 0.6 is 0 Å². The molecule has 0 aliphatic carbocycles. The lowest BCUT2D eigenvalue weighted by molar-refractivity contribution is 0.274. The zero-order chi connectivity index (χ0) is 15.4. The van der Waals surface area contributed by atoms with E-state index in [0.717, 1.165) is 17.7 Å². The standard InChI is InChI=1S/C15H15BF2O3/c1-10(12-5-3-2-4-6-12)7-11-8-13(17)15(14(18)9-11)21-16(19)20/h2-6,8-10,19-20H,7H2,1H3/t10-/m1/s1. The van der Waals surface area contributed by atoms with Crippen molar-refractivity contribution in [1.29, 1.82) is 0 Å². The topological polar surface area (TPSA) is 49.7 Å². The van der Waals surface area contributed by atoms with Crippen LogP contribution in [0.25, 0.3) is 0 Å². The van der Waals surface area contributed by atoms with Gasteiger partial charge >= 0.3 is 7.32 Å². The molecule has 2 N–H and O–H groups in total. The summed E-state index contributed by atoms with van der Waals surface area (Å²) >= 11 is 0. The first kappa shape index (κ1) is 15.5. The van der Waals surface area contributed by atoms with E-state index in [2.05, 4.69) is 4.65 Å². The molecule has 6 heteroatoms. The quantitative estimate of drug-likeness (QED) is 0.833. The van der Waals surface area contributed by atoms with Gasteiger partial charge in [-0.25, -0.2) is 8.78 Å². The summed E-state index contributed by atoms with van der Waals surface area (Å²) in [5.74, 6) is -2.61. The van der Waals surface area contributed by atoms with Crippen molar-refractivity contribution in [3.63, 3.8) is 0 Å². The second-order valence-electron chi connectivity index (χ2n) is 4.85. The van der Waals surface area contributed by atoms with Crippen LogP contribution in [0.5, 0.6) is 5.75 Å². The fraction of sp³-hybridized carbons (Fsp3) is 0.200. The Morgan fingerprint density at radius 1 is 1.10 bits per heavy atom. The smallest absolute Gasteiger partial charge is 0.508 e. The minimum absolute atomic E-state index is 0.0974. The lowest BCUT2D eigenvalue weighted by atomic mass is 9.93. The van der Waals surface area contributed by atoms with Gasteiger partial charge in [-0.2, -0.15) is 0 Å². The van der Waals surface area contributed by atoms with Gasteiger partial charge in [-0.1, -0.05) is 37.3 Å². The molecule has 2 aromatic rings. The van der Waals surface area contributed by atoms with Crippen LogP contribution in [-0.2, 0) is 6.42 Å². The van der Waals surface area contributed by atoms with Crippen molar-refractivity contribution in [3.05, 3.63) is 65.2 Å². The molecule has 0 aliphatic rings. The first-order valence-corrected chi connectivity index (χ1v) is 6.53. The van der Waals surface area contributed by atoms with E-state index in [1.807, 2.05) is 37.3 Å². The summed E-state index contributed by atoms with van der Waals surface area (Å²) in [7, 11) is -2.26. The van der Waals surface area contributed by atoms with Gasteiger partial charge in [0.1, 0.15) is 0 Å². The summed E-state index contributed by atoms with van der Waals surface area (Å²) in [6, 6.07) is 11.9. The molecule has 21 heavy (non-hydrogen) atoms. The Morgan fingerprint density at radius 2 is 1.67 bits per heavy atom. The first-order valence-electron chi connectivity index (χ1n) is 6.53. The Bertz CT molecular complexity index is 582. The second-order valence-corrected chi connectivity index (χ2v) is 4.85. The third-order valence-corrected chi connectivity index (χ3v) is 3.19. The summed E-state index contributed by atoms with van der Waals surface area (Å²) in [6.07, 6.45) is 0.458. The Hall–Kier alpha value is -1.92. The van der Waals surface area contributed by atoms with Crippen LogP contribution in [0.1, 0.15) is 24.0 Å². The molecule has 0 spiro atoms. The lowest BCUT2D eigenvalue weighted by Gasteiger charge is -2.14. The van der Waals surface area contributed by atoms with Crippen molar-refractivity contribution in [1.82, 2.24) is 0 Å². The molecule has 0 aromatic heterocycles. The summed E-state index contributed by atoms with van der Waals surface area (Å²) in [4.78, 5) is 0. The van der Waals surface area contributed by atoms with Gasteiger partial charge in [0.05, 0.1) is 0 Å². The minimum Gasteiger partial charge on any atom is -0.508 e. The monoisotopic (exact) mass is 292 g/mol. The molecule has 2 rings (SSSR count). The van der Waals surface area contributed by atoms with Gasteiger partial charge in [-0.3, -0.25) is 0 Å². The van der Waals surface area contributed by atoms with Crippen LogP contribution in [0.4, 0.5) is 8.78 Å². The molecule has 0 saturated heterocycles. The van der Waals surface area contributed by atoms with Crippen molar-refractivity contribution >= 4 is 7.32 Å². The molecule has 0 aliphatic heterocycles. The van der Waals surface area contributed by atoms with Gasteiger partial charge < -0.3 is 14.7 Å². The van der Waals surface area contributed by atoms with Crippen molar-refractivity contribution in [2.45, 2.75) is 19.3 Å². The normalized spacial score (nSPS) is 12.0. The number of hydrogen-bond acceptors (Lipinski definition) is 3. The van der Waals surface area contributed by atoms with E-state index in [1.54, 1.807) is 0 Å². The summed E-state index contributed by atoms with van der Waals surface area (Å²) in [6.45, 7) is 1.97. The van der Waals surface area contributed by atoms with E-state index in [1.165, 1.54) is 0 Å². The minimum atomic E-state index is -2.26. The summed E-state index contributed by atoms with van der Waals surface area (Å²) in [5, 5.41) is 17.2. The molecule has 0 saturated carbocycles. The largest absolute Gasteiger partial charge is 0.707 e. The predicted molar refractivity (Wildman–Crippen MR) is 75.7 cm³/mol. The van der Waals surface area contributed by atoms with E-state index in [0.29, 0.717) is 12.0 Å². The summed E-state index contributed by atoms with van der Waals surface area (Å²) in [5.41, 5.74) is 1.55. The Labute approximate surface area is 122 Å². The van der Waals surface area contributed by atoms with Gasteiger partial charge in [0.25, 0.3) is 0 Å². The number of hydrogen-bond donors (Lipinski definition) is 2. The molecule has 2 aromatic carbocycles. The van der Waals surface area contributed by atoms with Crippen molar-refractivity contribution < 1.29 is 23.5 Å². The molecular weight excluding hydrogens is 277 g/mol. The zero-order valence-electron chi connectivity index (χ0n) is 11.5. The Kier molecular flexibility index (Phi) is 4.93. The van der Waals surface area contributed by atoms with Gasteiger partial charge in [0.2, 0.25) is 0 Å². The van der Waals surface area contributed by atoms with Crippen LogP contribution in [0.15, 0.2) is 42.5 Å². The number of benzene rings is 2. The average Bonchev–Trinajstić information content (AvgIpc) is 2.43. The molecule has 0 fully saturated rings. The summed E-state index contributed by atoms with van der Waals surface area (Å²) < 4.78 is 31.8. The molecule has 0 bridgehead atoms. The van der Waals surface area contributed by atoms with Gasteiger partial charge in [0.15, 0.2) is 17.4 Å². The second kappa shape index (κ2) is 6.69. The SMILES string of the molecule is C[C@H](Cc1cc(F)c(OB(O)O)c(F)c1)c1ccccc1. The zero-order valence-corrected chi connectivity index (χ0v) is 11.5. The highest BCUT2D eigenvalue weighted by Crippen LogP contribution is 2.27.